The third-order valence-electron chi connectivity index (χ3n) is 5.41. The van der Waals surface area contributed by atoms with Gasteiger partial charge in [-0.3, -0.25) is 14.4 Å². The van der Waals surface area contributed by atoms with Crippen molar-refractivity contribution in [2.24, 2.45) is 11.5 Å². The maximum atomic E-state index is 12.5. The van der Waals surface area contributed by atoms with Crippen molar-refractivity contribution >= 4 is 17.7 Å². The number of benzene rings is 2. The highest BCUT2D eigenvalue weighted by Gasteiger charge is 2.24. The second-order valence-electron chi connectivity index (χ2n) is 8.22. The van der Waals surface area contributed by atoms with Crippen molar-refractivity contribution in [3.63, 3.8) is 0 Å². The van der Waals surface area contributed by atoms with E-state index >= 15 is 0 Å². The van der Waals surface area contributed by atoms with E-state index < -0.39 is 29.8 Å². The number of fused-ring (bicyclic) bond motifs is 5. The first-order valence-electron chi connectivity index (χ1n) is 11.6. The lowest BCUT2D eigenvalue weighted by Gasteiger charge is -2.19. The molecule has 3 amide bonds. The molecule has 2 atom stereocenters. The highest BCUT2D eigenvalue weighted by molar-refractivity contribution is 5.91. The van der Waals surface area contributed by atoms with Crippen LogP contribution in [0.3, 0.4) is 0 Å². The zero-order chi connectivity index (χ0) is 26.0. The lowest BCUT2D eigenvalue weighted by Crippen LogP contribution is -2.52. The normalized spacial score (nSPS) is 18.1. The molecule has 9 N–H and O–H groups in total. The van der Waals surface area contributed by atoms with Gasteiger partial charge in [0.2, 0.25) is 17.7 Å². The van der Waals surface area contributed by atoms with Crippen LogP contribution in [-0.4, -0.2) is 59.7 Å². The van der Waals surface area contributed by atoms with E-state index in [1.54, 1.807) is 31.2 Å². The van der Waals surface area contributed by atoms with Crippen LogP contribution in [0.5, 0.6) is 11.5 Å². The molecule has 2 unspecified atom stereocenters. The number of aromatic hydroxyl groups is 2. The second kappa shape index (κ2) is 13.3. The summed E-state index contributed by atoms with van der Waals surface area (Å²) in [5.74, 6) is -1.52. The second-order valence-corrected chi connectivity index (χ2v) is 8.22. The molecule has 0 saturated carbocycles. The predicted octanol–water partition coefficient (Wildman–Crippen LogP) is 0.283. The van der Waals surface area contributed by atoms with Gasteiger partial charge < -0.3 is 37.6 Å². The fourth-order valence-electron chi connectivity index (χ4n) is 3.46. The van der Waals surface area contributed by atoms with E-state index in [1.807, 2.05) is 0 Å². The van der Waals surface area contributed by atoms with E-state index in [1.165, 1.54) is 12.1 Å². The van der Waals surface area contributed by atoms with Gasteiger partial charge in [0.15, 0.2) is 0 Å². The molecule has 190 valence electrons. The Labute approximate surface area is 205 Å². The van der Waals surface area contributed by atoms with Gasteiger partial charge in [-0.25, -0.2) is 0 Å². The zero-order valence-electron chi connectivity index (χ0n) is 20.1. The minimum atomic E-state index is -0.978. The number of hydrogen-bond acceptors (Lipinski definition) is 7. The number of likely N-dealkylation sites (N-methyl/N-ethyl adjacent to an activating group) is 1. The quantitative estimate of drug-likeness (QED) is 0.326. The maximum Gasteiger partial charge on any atom is 0.242 e. The van der Waals surface area contributed by atoms with Crippen molar-refractivity contribution in [1.29, 1.82) is 0 Å². The lowest BCUT2D eigenvalue weighted by atomic mass is 9.95. The molecule has 1 aliphatic heterocycles. The summed E-state index contributed by atoms with van der Waals surface area (Å²) in [7, 11) is 0. The Bertz CT molecular complexity index is 1040. The minimum absolute atomic E-state index is 0.00404. The zero-order valence-corrected chi connectivity index (χ0v) is 20.1. The summed E-state index contributed by atoms with van der Waals surface area (Å²) in [6, 6.07) is 7.98. The van der Waals surface area contributed by atoms with Crippen LogP contribution in [0.2, 0.25) is 0 Å². The Kier molecular flexibility index (Phi) is 10.5. The smallest absolute Gasteiger partial charge is 0.242 e. The maximum absolute atomic E-state index is 12.5. The van der Waals surface area contributed by atoms with Gasteiger partial charge in [-0.15, -0.1) is 0 Å². The van der Waals surface area contributed by atoms with Crippen LogP contribution in [0.4, 0.5) is 0 Å². The molecule has 3 rings (SSSR count). The molecular weight excluding hydrogens is 450 g/mol. The number of rotatable bonds is 3. The molecule has 10 heteroatoms. The van der Waals surface area contributed by atoms with Crippen molar-refractivity contribution in [2.75, 3.05) is 19.6 Å². The van der Waals surface area contributed by atoms with Crippen molar-refractivity contribution < 1.29 is 24.6 Å². The predicted molar refractivity (Wildman–Crippen MR) is 134 cm³/mol. The number of hydrogen-bond donors (Lipinski definition) is 7. The molecule has 0 aliphatic carbocycles. The van der Waals surface area contributed by atoms with E-state index in [4.69, 9.17) is 11.5 Å². The van der Waals surface area contributed by atoms with Crippen molar-refractivity contribution in [2.45, 2.75) is 45.2 Å². The molecule has 0 radical (unpaired) electrons. The standard InChI is InChI=1S/C22H26N4O5.C3H9N/c1-2-24-22(31)17-10-15-8-13(4-6-19(15)28)12-3-5-18(27)14(7-12)9-16(23)21(30)25-11-20(29)26-17;1-2-3-4/h3-8,16-17,27-28H,2,9-11,23H2,1H3,(H,24,31)(H,25,30)(H,26,29);2-4H2,1H3. The third kappa shape index (κ3) is 7.97. The number of carbonyl (C=O) groups excluding carboxylic acids is 3. The summed E-state index contributed by atoms with van der Waals surface area (Å²) >= 11 is 0. The van der Waals surface area contributed by atoms with Crippen molar-refractivity contribution in [1.82, 2.24) is 16.0 Å². The molecule has 1 aliphatic rings. The first-order chi connectivity index (χ1) is 16.7. The van der Waals surface area contributed by atoms with Crippen molar-refractivity contribution in [3.05, 3.63) is 47.5 Å². The highest BCUT2D eigenvalue weighted by Crippen LogP contribution is 2.30. The molecule has 0 spiro atoms. The molecule has 35 heavy (non-hydrogen) atoms. The molecule has 4 bridgehead atoms. The van der Waals surface area contributed by atoms with Gasteiger partial charge in [-0.1, -0.05) is 19.1 Å². The topological polar surface area (TPSA) is 180 Å². The van der Waals surface area contributed by atoms with E-state index in [9.17, 15) is 24.6 Å². The van der Waals surface area contributed by atoms with Gasteiger partial charge >= 0.3 is 0 Å². The Hall–Kier alpha value is -3.63. The molecular formula is C25H35N5O5. The van der Waals surface area contributed by atoms with E-state index in [0.29, 0.717) is 17.7 Å². The molecule has 10 nitrogen and oxygen atoms in total. The largest absolute Gasteiger partial charge is 0.508 e. The lowest BCUT2D eigenvalue weighted by molar-refractivity contribution is -0.130. The molecule has 2 aromatic rings. The molecule has 1 heterocycles. The van der Waals surface area contributed by atoms with Gasteiger partial charge in [-0.2, -0.15) is 0 Å². The van der Waals surface area contributed by atoms with Crippen LogP contribution >= 0.6 is 0 Å². The Balaban J connectivity index is 0.00000100. The third-order valence-corrected chi connectivity index (χ3v) is 5.41. The first-order valence-corrected chi connectivity index (χ1v) is 11.6. The molecule has 0 fully saturated rings. The molecule has 2 aromatic carbocycles. The van der Waals surface area contributed by atoms with Gasteiger partial charge in [0.25, 0.3) is 0 Å². The number of nitrogens with two attached hydrogens (primary N) is 2. The summed E-state index contributed by atoms with van der Waals surface area (Å²) in [5.41, 5.74) is 13.4. The number of nitrogens with one attached hydrogen (secondary N) is 3. The Morgan fingerprint density at radius 1 is 1.03 bits per heavy atom. The van der Waals surface area contributed by atoms with Gasteiger partial charge in [0.1, 0.15) is 17.5 Å². The highest BCUT2D eigenvalue weighted by atomic mass is 16.3. The summed E-state index contributed by atoms with van der Waals surface area (Å²) in [4.78, 5) is 37.2. The number of amides is 3. The average molecular weight is 486 g/mol. The first kappa shape index (κ1) is 27.6. The summed E-state index contributed by atoms with van der Waals surface area (Å²) in [6.07, 6.45) is 1.22. The number of carbonyl (C=O) groups is 3. The van der Waals surface area contributed by atoms with E-state index in [2.05, 4.69) is 22.9 Å². The van der Waals surface area contributed by atoms with Crippen molar-refractivity contribution in [3.8, 4) is 22.6 Å². The molecule has 0 aromatic heterocycles. The van der Waals surface area contributed by atoms with Gasteiger partial charge in [-0.05, 0) is 66.4 Å². The Morgan fingerprint density at radius 3 is 2.09 bits per heavy atom. The number of phenolic OH excluding ortho intramolecular Hbond substituents is 2. The van der Waals surface area contributed by atoms with Crippen LogP contribution in [0.25, 0.3) is 11.1 Å². The van der Waals surface area contributed by atoms with E-state index in [-0.39, 0.29) is 30.9 Å². The fraction of sp³-hybridized carbons (Fsp3) is 0.400. The number of phenols is 2. The van der Waals surface area contributed by atoms with Crippen LogP contribution < -0.4 is 27.4 Å². The van der Waals surface area contributed by atoms with Gasteiger partial charge in [0.05, 0.1) is 12.6 Å². The average Bonchev–Trinajstić information content (AvgIpc) is 2.84. The van der Waals surface area contributed by atoms with Crippen LogP contribution in [-0.2, 0) is 27.2 Å². The van der Waals surface area contributed by atoms with Crippen LogP contribution in [0.1, 0.15) is 31.4 Å². The summed E-state index contributed by atoms with van der Waals surface area (Å²) in [5, 5.41) is 28.3. The fourth-order valence-corrected chi connectivity index (χ4v) is 3.46. The monoisotopic (exact) mass is 485 g/mol. The van der Waals surface area contributed by atoms with Gasteiger partial charge in [0, 0.05) is 19.4 Å². The van der Waals surface area contributed by atoms with Crippen LogP contribution in [0.15, 0.2) is 36.4 Å². The summed E-state index contributed by atoms with van der Waals surface area (Å²) < 4.78 is 0. The molecule has 0 saturated heterocycles. The SMILES string of the molecule is CCCN.CCNC(=O)C1Cc2cc(ccc2O)-c2ccc(O)c(c2)CC(N)C(=O)NCC(=O)N1. The minimum Gasteiger partial charge on any atom is -0.508 e. The summed E-state index contributed by atoms with van der Waals surface area (Å²) in [6.45, 7) is 4.65. The van der Waals surface area contributed by atoms with E-state index in [0.717, 1.165) is 24.1 Å². The van der Waals surface area contributed by atoms with Crippen LogP contribution in [0, 0.1) is 0 Å². The Morgan fingerprint density at radius 2 is 1.57 bits per heavy atom.